The second kappa shape index (κ2) is 3.34. The molecule has 2 heterocycles. The first-order valence-electron chi connectivity index (χ1n) is 5.16. The molecule has 1 aliphatic rings. The Morgan fingerprint density at radius 1 is 1.40 bits per heavy atom. The van der Waals surface area contributed by atoms with E-state index in [1.807, 2.05) is 7.05 Å². The van der Waals surface area contributed by atoms with Gasteiger partial charge in [-0.25, -0.2) is 15.0 Å². The number of hydrazine groups is 1. The van der Waals surface area contributed by atoms with Gasteiger partial charge in [0.1, 0.15) is 12.1 Å². The van der Waals surface area contributed by atoms with Gasteiger partial charge in [0.15, 0.2) is 5.82 Å². The zero-order chi connectivity index (χ0) is 11.2. The molecule has 5 heteroatoms. The number of nitrogens with zero attached hydrogens (tertiary/aromatic N) is 4. The van der Waals surface area contributed by atoms with E-state index in [9.17, 15) is 0 Å². The predicted molar refractivity (Wildman–Crippen MR) is 60.2 cm³/mol. The van der Waals surface area contributed by atoms with E-state index >= 15 is 0 Å². The van der Waals surface area contributed by atoms with E-state index in [2.05, 4.69) is 40.8 Å². The molecule has 1 aromatic heterocycles. The molecule has 1 aliphatic heterocycles. The zero-order valence-electron chi connectivity index (χ0n) is 9.60. The summed E-state index contributed by atoms with van der Waals surface area (Å²) in [4.78, 5) is 8.36. The molecule has 15 heavy (non-hydrogen) atoms. The third-order valence-electron chi connectivity index (χ3n) is 2.92. The number of hydrogen-bond donors (Lipinski definition) is 1. The van der Waals surface area contributed by atoms with E-state index in [4.69, 9.17) is 5.73 Å². The molecule has 2 N–H and O–H groups in total. The van der Waals surface area contributed by atoms with Crippen LogP contribution in [0, 0.1) is 0 Å². The van der Waals surface area contributed by atoms with Crippen molar-refractivity contribution in [1.82, 2.24) is 15.0 Å². The molecule has 82 valence electrons. The highest BCUT2D eigenvalue weighted by atomic mass is 15.7. The monoisotopic (exact) mass is 207 g/mol. The Morgan fingerprint density at radius 2 is 2.07 bits per heavy atom. The number of hydrogen-bond acceptors (Lipinski definition) is 5. The first-order chi connectivity index (χ1) is 7.04. The normalized spacial score (nSPS) is 21.1. The van der Waals surface area contributed by atoms with Gasteiger partial charge in [0.25, 0.3) is 0 Å². The highest BCUT2D eigenvalue weighted by Gasteiger charge is 2.35. The number of rotatable bonds is 1. The minimum atomic E-state index is 0.239. The lowest BCUT2D eigenvalue weighted by atomic mass is 10.1. The Hall–Kier alpha value is -1.36. The molecule has 0 aromatic carbocycles. The van der Waals surface area contributed by atoms with Crippen molar-refractivity contribution in [3.8, 4) is 0 Å². The van der Waals surface area contributed by atoms with Crippen LogP contribution in [0.4, 0.5) is 11.6 Å². The maximum absolute atomic E-state index is 5.88. The van der Waals surface area contributed by atoms with Crippen molar-refractivity contribution in [3.05, 3.63) is 11.9 Å². The van der Waals surface area contributed by atoms with Gasteiger partial charge in [-0.05, 0) is 20.8 Å². The number of aromatic nitrogens is 2. The summed E-state index contributed by atoms with van der Waals surface area (Å²) >= 11 is 0. The molecule has 0 spiro atoms. The van der Waals surface area contributed by atoms with Gasteiger partial charge >= 0.3 is 0 Å². The summed E-state index contributed by atoms with van der Waals surface area (Å²) in [5, 5.41) is 4.30. The Bertz CT molecular complexity index is 376. The van der Waals surface area contributed by atoms with Gasteiger partial charge in [-0.1, -0.05) is 0 Å². The molecular weight excluding hydrogens is 190 g/mol. The minimum absolute atomic E-state index is 0.239. The summed E-state index contributed by atoms with van der Waals surface area (Å²) in [7, 11) is 2.05. The topological polar surface area (TPSA) is 58.3 Å². The molecule has 5 nitrogen and oxygen atoms in total. The average molecular weight is 207 g/mol. The first-order valence-corrected chi connectivity index (χ1v) is 5.16. The Balaban J connectivity index is 2.55. The third-order valence-corrected chi connectivity index (χ3v) is 2.92. The van der Waals surface area contributed by atoms with E-state index < -0.39 is 0 Å². The van der Waals surface area contributed by atoms with E-state index in [1.54, 1.807) is 0 Å². The Labute approximate surface area is 89.9 Å². The van der Waals surface area contributed by atoms with Crippen LogP contribution in [0.15, 0.2) is 6.33 Å². The molecule has 0 bridgehead atoms. The number of nitrogens with two attached hydrogens (primary N) is 1. The van der Waals surface area contributed by atoms with Crippen molar-refractivity contribution in [2.45, 2.75) is 32.9 Å². The molecule has 0 saturated heterocycles. The Kier molecular flexibility index (Phi) is 2.26. The summed E-state index contributed by atoms with van der Waals surface area (Å²) in [6.07, 6.45) is 1.52. The van der Waals surface area contributed by atoms with Crippen LogP contribution in [0.25, 0.3) is 0 Å². The second-order valence-electron chi connectivity index (χ2n) is 4.18. The fourth-order valence-corrected chi connectivity index (χ4v) is 2.11. The van der Waals surface area contributed by atoms with Gasteiger partial charge in [-0.15, -0.1) is 0 Å². The van der Waals surface area contributed by atoms with E-state index in [1.165, 1.54) is 6.33 Å². The number of anilines is 2. The van der Waals surface area contributed by atoms with Gasteiger partial charge in [0.2, 0.25) is 0 Å². The van der Waals surface area contributed by atoms with Crippen molar-refractivity contribution in [1.29, 1.82) is 0 Å². The minimum Gasteiger partial charge on any atom is -0.383 e. The fourth-order valence-electron chi connectivity index (χ4n) is 2.11. The molecule has 2 rings (SSSR count). The van der Waals surface area contributed by atoms with E-state index in [0.29, 0.717) is 11.9 Å². The molecule has 0 radical (unpaired) electrons. The van der Waals surface area contributed by atoms with Gasteiger partial charge in [0, 0.05) is 13.1 Å². The molecule has 0 saturated carbocycles. The van der Waals surface area contributed by atoms with Crippen LogP contribution in [-0.2, 0) is 0 Å². The molecule has 0 amide bonds. The van der Waals surface area contributed by atoms with Crippen molar-refractivity contribution in [3.63, 3.8) is 0 Å². The number of nitrogen functional groups attached to an aromatic ring is 1. The van der Waals surface area contributed by atoms with Gasteiger partial charge < -0.3 is 5.73 Å². The summed E-state index contributed by atoms with van der Waals surface area (Å²) in [5.41, 5.74) is 6.92. The highest BCUT2D eigenvalue weighted by Crippen LogP contribution is 2.40. The van der Waals surface area contributed by atoms with Gasteiger partial charge in [-0.3, -0.25) is 5.01 Å². The van der Waals surface area contributed by atoms with Crippen LogP contribution in [-0.4, -0.2) is 28.1 Å². The largest absolute Gasteiger partial charge is 0.383 e. The second-order valence-corrected chi connectivity index (χ2v) is 4.18. The summed E-state index contributed by atoms with van der Waals surface area (Å²) in [6.45, 7) is 6.38. The van der Waals surface area contributed by atoms with Gasteiger partial charge in [0.05, 0.1) is 11.6 Å². The van der Waals surface area contributed by atoms with Gasteiger partial charge in [-0.2, -0.15) is 0 Å². The van der Waals surface area contributed by atoms with E-state index in [-0.39, 0.29) is 6.04 Å². The molecule has 0 fully saturated rings. The van der Waals surface area contributed by atoms with Crippen LogP contribution in [0.1, 0.15) is 32.4 Å². The van der Waals surface area contributed by atoms with Crippen LogP contribution < -0.4 is 10.7 Å². The van der Waals surface area contributed by atoms with Crippen molar-refractivity contribution in [2.75, 3.05) is 17.8 Å². The summed E-state index contributed by atoms with van der Waals surface area (Å²) < 4.78 is 0. The lowest BCUT2D eigenvalue weighted by Crippen LogP contribution is -2.41. The quantitative estimate of drug-likeness (QED) is 0.749. The lowest BCUT2D eigenvalue weighted by Gasteiger charge is -2.31. The smallest absolute Gasteiger partial charge is 0.153 e. The molecule has 0 aliphatic carbocycles. The third kappa shape index (κ3) is 1.34. The first kappa shape index (κ1) is 10.2. The van der Waals surface area contributed by atoms with Crippen molar-refractivity contribution in [2.24, 2.45) is 0 Å². The maximum atomic E-state index is 5.88. The standard InChI is InChI=1S/C10H17N5/c1-6(2)15-10-8(7(3)14(15)4)9(11)12-5-13-10/h5-7H,1-4H3,(H2,11,12,13)/t7-/m1/s1. The number of fused-ring (bicyclic) bond motifs is 1. The maximum Gasteiger partial charge on any atom is 0.153 e. The van der Waals surface area contributed by atoms with E-state index in [0.717, 1.165) is 11.4 Å². The fraction of sp³-hybridized carbons (Fsp3) is 0.600. The van der Waals surface area contributed by atoms with Crippen LogP contribution in [0.5, 0.6) is 0 Å². The average Bonchev–Trinajstić information content (AvgIpc) is 2.41. The predicted octanol–water partition coefficient (Wildman–Crippen LogP) is 1.20. The van der Waals surface area contributed by atoms with Crippen LogP contribution in [0.2, 0.25) is 0 Å². The molecule has 0 unspecified atom stereocenters. The molecule has 1 aromatic rings. The lowest BCUT2D eigenvalue weighted by molar-refractivity contribution is 0.246. The van der Waals surface area contributed by atoms with Crippen molar-refractivity contribution >= 4 is 11.6 Å². The van der Waals surface area contributed by atoms with Crippen LogP contribution in [0.3, 0.4) is 0 Å². The Morgan fingerprint density at radius 3 is 2.67 bits per heavy atom. The summed E-state index contributed by atoms with van der Waals surface area (Å²) in [6, 6.07) is 0.608. The highest BCUT2D eigenvalue weighted by molar-refractivity contribution is 5.61. The zero-order valence-corrected chi connectivity index (χ0v) is 9.60. The molecular formula is C10H17N5. The molecule has 1 atom stereocenters. The van der Waals surface area contributed by atoms with Crippen LogP contribution >= 0.6 is 0 Å². The van der Waals surface area contributed by atoms with Crippen molar-refractivity contribution < 1.29 is 0 Å². The summed E-state index contributed by atoms with van der Waals surface area (Å²) in [5.74, 6) is 1.52. The SMILES string of the molecule is CC(C)N1c2ncnc(N)c2[C@@H](C)N1C.